The van der Waals surface area contributed by atoms with Crippen molar-refractivity contribution in [2.24, 2.45) is 0 Å². The lowest BCUT2D eigenvalue weighted by atomic mass is 10.0. The summed E-state index contributed by atoms with van der Waals surface area (Å²) in [7, 11) is 0. The third-order valence-electron chi connectivity index (χ3n) is 6.80. The molecule has 0 spiro atoms. The number of benzene rings is 3. The van der Waals surface area contributed by atoms with Crippen molar-refractivity contribution in [2.75, 3.05) is 0 Å². The summed E-state index contributed by atoms with van der Waals surface area (Å²) < 4.78 is 0. The quantitative estimate of drug-likeness (QED) is 0.325. The maximum absolute atomic E-state index is 13.7. The van der Waals surface area contributed by atoms with Crippen molar-refractivity contribution in [1.82, 2.24) is 10.2 Å². The highest BCUT2D eigenvalue weighted by Crippen LogP contribution is 2.25. The summed E-state index contributed by atoms with van der Waals surface area (Å²) >= 11 is 12.6. The summed E-state index contributed by atoms with van der Waals surface area (Å²) in [4.78, 5) is 29.1. The molecule has 188 valence electrons. The van der Waals surface area contributed by atoms with Crippen LogP contribution in [0, 0.1) is 0 Å². The molecular formula is C30H32Cl2N2O2. The van der Waals surface area contributed by atoms with Crippen LogP contribution < -0.4 is 5.32 Å². The van der Waals surface area contributed by atoms with Crippen LogP contribution in [0.25, 0.3) is 0 Å². The van der Waals surface area contributed by atoms with Crippen LogP contribution in [-0.2, 0) is 29.0 Å². The highest BCUT2D eigenvalue weighted by atomic mass is 35.5. The Kier molecular flexibility index (Phi) is 9.43. The SMILES string of the molecule is O=C(NC1CCCC1)[C@H](Cc1ccccc1)N(Cc1ccc(Cl)cc1Cl)C(=O)CCc1ccccc1. The number of rotatable bonds is 10. The van der Waals surface area contributed by atoms with Crippen LogP contribution in [0.4, 0.5) is 0 Å². The molecule has 1 aliphatic rings. The van der Waals surface area contributed by atoms with Crippen molar-refractivity contribution in [3.05, 3.63) is 106 Å². The van der Waals surface area contributed by atoms with E-state index < -0.39 is 6.04 Å². The molecule has 2 amide bonds. The number of nitrogens with one attached hydrogen (secondary N) is 1. The van der Waals surface area contributed by atoms with Crippen molar-refractivity contribution >= 4 is 35.0 Å². The van der Waals surface area contributed by atoms with Crippen molar-refractivity contribution in [3.63, 3.8) is 0 Å². The smallest absolute Gasteiger partial charge is 0.243 e. The van der Waals surface area contributed by atoms with E-state index in [4.69, 9.17) is 23.2 Å². The van der Waals surface area contributed by atoms with Gasteiger partial charge in [-0.15, -0.1) is 0 Å². The number of carbonyl (C=O) groups is 2. The minimum Gasteiger partial charge on any atom is -0.352 e. The summed E-state index contributed by atoms with van der Waals surface area (Å²) in [6.45, 7) is 0.235. The van der Waals surface area contributed by atoms with Gasteiger partial charge in [0.15, 0.2) is 0 Å². The second-order valence-electron chi connectivity index (χ2n) is 9.44. The Hall–Kier alpha value is -2.82. The number of hydrogen-bond acceptors (Lipinski definition) is 2. The molecule has 1 fully saturated rings. The van der Waals surface area contributed by atoms with E-state index in [9.17, 15) is 9.59 Å². The predicted molar refractivity (Wildman–Crippen MR) is 146 cm³/mol. The van der Waals surface area contributed by atoms with Gasteiger partial charge in [0.2, 0.25) is 11.8 Å². The average Bonchev–Trinajstić information content (AvgIpc) is 3.40. The molecule has 1 saturated carbocycles. The Morgan fingerprint density at radius 3 is 2.17 bits per heavy atom. The fourth-order valence-electron chi connectivity index (χ4n) is 4.79. The summed E-state index contributed by atoms with van der Waals surface area (Å²) in [5.41, 5.74) is 2.86. The van der Waals surface area contributed by atoms with Crippen LogP contribution in [0.2, 0.25) is 10.0 Å². The zero-order valence-corrected chi connectivity index (χ0v) is 21.8. The van der Waals surface area contributed by atoms with Crippen molar-refractivity contribution in [1.29, 1.82) is 0 Å². The molecule has 36 heavy (non-hydrogen) atoms. The fourth-order valence-corrected chi connectivity index (χ4v) is 5.26. The minimum absolute atomic E-state index is 0.0765. The predicted octanol–water partition coefficient (Wildman–Crippen LogP) is 6.62. The van der Waals surface area contributed by atoms with E-state index in [1.54, 1.807) is 17.0 Å². The van der Waals surface area contributed by atoms with E-state index >= 15 is 0 Å². The zero-order chi connectivity index (χ0) is 25.3. The molecule has 0 unspecified atom stereocenters. The van der Waals surface area contributed by atoms with Gasteiger partial charge in [-0.1, -0.05) is 103 Å². The lowest BCUT2D eigenvalue weighted by Crippen LogP contribution is -2.52. The highest BCUT2D eigenvalue weighted by Gasteiger charge is 2.32. The molecular weight excluding hydrogens is 491 g/mol. The number of aryl methyl sites for hydroxylation is 1. The lowest BCUT2D eigenvalue weighted by Gasteiger charge is -2.32. The number of amides is 2. The monoisotopic (exact) mass is 522 g/mol. The van der Waals surface area contributed by atoms with E-state index in [1.807, 2.05) is 66.7 Å². The molecule has 0 saturated heterocycles. The first kappa shape index (κ1) is 26.2. The topological polar surface area (TPSA) is 49.4 Å². The molecule has 1 aliphatic carbocycles. The third kappa shape index (κ3) is 7.35. The van der Waals surface area contributed by atoms with Crippen molar-refractivity contribution < 1.29 is 9.59 Å². The van der Waals surface area contributed by atoms with Gasteiger partial charge in [-0.3, -0.25) is 9.59 Å². The van der Waals surface area contributed by atoms with Gasteiger partial charge < -0.3 is 10.2 Å². The Bertz CT molecular complexity index is 1150. The van der Waals surface area contributed by atoms with Crippen LogP contribution in [0.1, 0.15) is 48.8 Å². The summed E-state index contributed by atoms with van der Waals surface area (Å²) in [6, 6.07) is 24.6. The molecule has 1 atom stereocenters. The Morgan fingerprint density at radius 2 is 1.53 bits per heavy atom. The zero-order valence-electron chi connectivity index (χ0n) is 20.3. The van der Waals surface area contributed by atoms with Crippen molar-refractivity contribution in [3.8, 4) is 0 Å². The van der Waals surface area contributed by atoms with E-state index in [-0.39, 0.29) is 24.4 Å². The van der Waals surface area contributed by atoms with Gasteiger partial charge >= 0.3 is 0 Å². The molecule has 3 aromatic rings. The van der Waals surface area contributed by atoms with Crippen LogP contribution in [-0.4, -0.2) is 28.8 Å². The molecule has 4 rings (SSSR count). The van der Waals surface area contributed by atoms with E-state index in [0.717, 1.165) is 42.4 Å². The highest BCUT2D eigenvalue weighted by molar-refractivity contribution is 6.35. The molecule has 0 aliphatic heterocycles. The summed E-state index contributed by atoms with van der Waals surface area (Å²) in [5, 5.41) is 4.25. The number of carbonyl (C=O) groups excluding carboxylic acids is 2. The van der Waals surface area contributed by atoms with Gasteiger partial charge in [0.25, 0.3) is 0 Å². The van der Waals surface area contributed by atoms with Crippen LogP contribution >= 0.6 is 23.2 Å². The molecule has 4 nitrogen and oxygen atoms in total. The van der Waals surface area contributed by atoms with Crippen LogP contribution in [0.15, 0.2) is 78.9 Å². The molecule has 0 bridgehead atoms. The summed E-state index contributed by atoms with van der Waals surface area (Å²) in [5.74, 6) is -0.184. The maximum atomic E-state index is 13.7. The molecule has 0 heterocycles. The van der Waals surface area contributed by atoms with E-state index in [1.165, 1.54) is 0 Å². The first-order valence-electron chi connectivity index (χ1n) is 12.6. The minimum atomic E-state index is -0.650. The summed E-state index contributed by atoms with van der Waals surface area (Å²) in [6.07, 6.45) is 5.54. The average molecular weight is 524 g/mol. The Morgan fingerprint density at radius 1 is 0.889 bits per heavy atom. The van der Waals surface area contributed by atoms with Gasteiger partial charge in [-0.25, -0.2) is 0 Å². The van der Waals surface area contributed by atoms with Gasteiger partial charge in [0.05, 0.1) is 0 Å². The molecule has 0 radical (unpaired) electrons. The number of nitrogens with zero attached hydrogens (tertiary/aromatic N) is 1. The molecule has 1 N–H and O–H groups in total. The Balaban J connectivity index is 1.63. The standard InChI is InChI=1S/C30H32Cl2N2O2/c31-25-17-16-24(27(32)20-25)21-34(29(35)18-15-22-9-3-1-4-10-22)28(19-23-11-5-2-6-12-23)30(36)33-26-13-7-8-14-26/h1-6,9-12,16-17,20,26,28H,7-8,13-15,18-19,21H2,(H,33,36)/t28-/m0/s1. The van der Waals surface area contributed by atoms with Gasteiger partial charge in [0.1, 0.15) is 6.04 Å². The first-order chi connectivity index (χ1) is 17.5. The van der Waals surface area contributed by atoms with Gasteiger partial charge in [-0.2, -0.15) is 0 Å². The second kappa shape index (κ2) is 12.9. The van der Waals surface area contributed by atoms with Crippen molar-refractivity contribution in [2.45, 2.75) is 63.6 Å². The normalized spacial score (nSPS) is 14.4. The second-order valence-corrected chi connectivity index (χ2v) is 10.3. The van der Waals surface area contributed by atoms with E-state index in [0.29, 0.717) is 29.3 Å². The molecule has 0 aromatic heterocycles. The number of halogens is 2. The first-order valence-corrected chi connectivity index (χ1v) is 13.4. The van der Waals surface area contributed by atoms with Gasteiger partial charge in [-0.05, 0) is 48.1 Å². The van der Waals surface area contributed by atoms with Crippen LogP contribution in [0.3, 0.4) is 0 Å². The third-order valence-corrected chi connectivity index (χ3v) is 7.39. The molecule has 6 heteroatoms. The Labute approximate surface area is 223 Å². The fraction of sp³-hybridized carbons (Fsp3) is 0.333. The number of hydrogen-bond donors (Lipinski definition) is 1. The van der Waals surface area contributed by atoms with E-state index in [2.05, 4.69) is 5.32 Å². The lowest BCUT2D eigenvalue weighted by molar-refractivity contribution is -0.141. The largest absolute Gasteiger partial charge is 0.352 e. The van der Waals surface area contributed by atoms with Crippen LogP contribution in [0.5, 0.6) is 0 Å². The molecule has 3 aromatic carbocycles. The van der Waals surface area contributed by atoms with Gasteiger partial charge in [0, 0.05) is 35.5 Å². The maximum Gasteiger partial charge on any atom is 0.243 e.